The lowest BCUT2D eigenvalue weighted by Crippen LogP contribution is -2.62. The van der Waals surface area contributed by atoms with E-state index in [0.717, 1.165) is 0 Å². The second kappa shape index (κ2) is 8.52. The number of nitrogens with zero attached hydrogens (tertiary/aromatic N) is 1. The maximum absolute atomic E-state index is 14.5. The fraction of sp³-hybridized carbons (Fsp3) is 0.500. The minimum absolute atomic E-state index is 0.0915. The lowest BCUT2D eigenvalue weighted by Gasteiger charge is -2.33. The summed E-state index contributed by atoms with van der Waals surface area (Å²) in [7, 11) is 0. The highest BCUT2D eigenvalue weighted by Gasteiger charge is 2.48. The molecule has 1 aromatic carbocycles. The molecule has 6 N–H and O–H groups in total. The van der Waals surface area contributed by atoms with Gasteiger partial charge in [-0.2, -0.15) is 8.78 Å². The lowest BCUT2D eigenvalue weighted by atomic mass is 9.98. The topological polar surface area (TPSA) is 146 Å². The van der Waals surface area contributed by atoms with Crippen LogP contribution in [0.15, 0.2) is 18.2 Å². The van der Waals surface area contributed by atoms with Gasteiger partial charge < -0.3 is 16.0 Å². The zero-order chi connectivity index (χ0) is 23.0. The standard InChI is InChI=1S/C20H24F2N6O4/c21-20(22,12-7-25-19(23)26-8-12)18(32)24-6-10-1-2-13-11(5-10)9-28(17(13)31)14-3-4-15(29)27-16(14)30/h1-2,5,12,14,19,25-26H,3-4,6-9,23H2,(H,24,32)(H,27,29,30). The second-order valence-corrected chi connectivity index (χ2v) is 8.19. The molecule has 2 saturated heterocycles. The maximum Gasteiger partial charge on any atom is 0.329 e. The Morgan fingerprint density at radius 3 is 2.62 bits per heavy atom. The van der Waals surface area contributed by atoms with Gasteiger partial charge >= 0.3 is 5.92 Å². The van der Waals surface area contributed by atoms with Crippen molar-refractivity contribution in [2.75, 3.05) is 13.1 Å². The first-order chi connectivity index (χ1) is 15.2. The van der Waals surface area contributed by atoms with Crippen LogP contribution in [0.4, 0.5) is 8.78 Å². The fourth-order valence-corrected chi connectivity index (χ4v) is 4.16. The van der Waals surface area contributed by atoms with E-state index in [1.807, 2.05) is 0 Å². The van der Waals surface area contributed by atoms with Gasteiger partial charge in [0.15, 0.2) is 0 Å². The van der Waals surface area contributed by atoms with Gasteiger partial charge in [-0.05, 0) is 23.6 Å². The fourth-order valence-electron chi connectivity index (χ4n) is 4.16. The van der Waals surface area contributed by atoms with E-state index in [-0.39, 0.29) is 50.8 Å². The molecule has 0 bridgehead atoms. The van der Waals surface area contributed by atoms with Crippen LogP contribution < -0.4 is 27.0 Å². The van der Waals surface area contributed by atoms with E-state index >= 15 is 0 Å². The Morgan fingerprint density at radius 2 is 1.94 bits per heavy atom. The molecule has 0 aromatic heterocycles. The van der Waals surface area contributed by atoms with Crippen molar-refractivity contribution in [3.63, 3.8) is 0 Å². The monoisotopic (exact) mass is 450 g/mol. The Hall–Kier alpha value is -2.96. The van der Waals surface area contributed by atoms with Gasteiger partial charge in [0.1, 0.15) is 12.3 Å². The number of halogens is 2. The summed E-state index contributed by atoms with van der Waals surface area (Å²) in [6.45, 7) is -0.156. The molecule has 172 valence electrons. The first kappa shape index (κ1) is 22.2. The molecule has 4 rings (SSSR count). The first-order valence-electron chi connectivity index (χ1n) is 10.3. The van der Waals surface area contributed by atoms with E-state index in [9.17, 15) is 28.0 Å². The Morgan fingerprint density at radius 1 is 1.22 bits per heavy atom. The Kier molecular flexibility index (Phi) is 5.93. The largest absolute Gasteiger partial charge is 0.347 e. The van der Waals surface area contributed by atoms with Gasteiger partial charge in [-0.15, -0.1) is 0 Å². The molecular formula is C20H24F2N6O4. The molecular weight excluding hydrogens is 426 g/mol. The molecule has 0 radical (unpaired) electrons. The average Bonchev–Trinajstić information content (AvgIpc) is 3.08. The SMILES string of the molecule is NC1NCC(C(F)(F)C(=O)NCc2ccc3c(c2)CN(C2CCC(=O)NC2=O)C3=O)CN1. The minimum atomic E-state index is -3.59. The van der Waals surface area contributed by atoms with E-state index < -0.39 is 36.0 Å². The molecule has 10 nitrogen and oxygen atoms in total. The summed E-state index contributed by atoms with van der Waals surface area (Å²) in [4.78, 5) is 49.7. The van der Waals surface area contributed by atoms with Gasteiger partial charge in [0.05, 0.1) is 5.92 Å². The number of benzene rings is 1. The maximum atomic E-state index is 14.5. The highest BCUT2D eigenvalue weighted by Crippen LogP contribution is 2.29. The number of nitrogens with one attached hydrogen (secondary N) is 4. The summed E-state index contributed by atoms with van der Waals surface area (Å²) in [6.07, 6.45) is -0.183. The van der Waals surface area contributed by atoms with Crippen molar-refractivity contribution in [1.29, 1.82) is 0 Å². The number of piperidine rings is 1. The van der Waals surface area contributed by atoms with E-state index in [1.54, 1.807) is 18.2 Å². The molecule has 1 aromatic rings. The van der Waals surface area contributed by atoms with Gasteiger partial charge in [0.2, 0.25) is 11.8 Å². The molecule has 1 atom stereocenters. The normalized spacial score (nSPS) is 26.0. The molecule has 32 heavy (non-hydrogen) atoms. The molecule has 0 aliphatic carbocycles. The van der Waals surface area contributed by atoms with Crippen molar-refractivity contribution in [2.24, 2.45) is 11.7 Å². The lowest BCUT2D eigenvalue weighted by molar-refractivity contribution is -0.155. The molecule has 1 unspecified atom stereocenters. The molecule has 4 amide bonds. The highest BCUT2D eigenvalue weighted by molar-refractivity contribution is 6.05. The summed E-state index contributed by atoms with van der Waals surface area (Å²) < 4.78 is 29.0. The van der Waals surface area contributed by atoms with Crippen molar-refractivity contribution in [3.05, 3.63) is 34.9 Å². The molecule has 0 saturated carbocycles. The van der Waals surface area contributed by atoms with Crippen LogP contribution in [0.25, 0.3) is 0 Å². The summed E-state index contributed by atoms with van der Waals surface area (Å²) in [6, 6.07) is 4.05. The number of imide groups is 1. The quantitative estimate of drug-likeness (QED) is 0.353. The minimum Gasteiger partial charge on any atom is -0.347 e. The summed E-state index contributed by atoms with van der Waals surface area (Å²) in [5, 5.41) is 9.81. The van der Waals surface area contributed by atoms with Crippen molar-refractivity contribution >= 4 is 23.6 Å². The van der Waals surface area contributed by atoms with Crippen LogP contribution in [0.3, 0.4) is 0 Å². The third-order valence-electron chi connectivity index (χ3n) is 6.02. The van der Waals surface area contributed by atoms with Gasteiger partial charge in [-0.25, -0.2) is 0 Å². The Balaban J connectivity index is 1.38. The number of hydrogen-bond acceptors (Lipinski definition) is 7. The number of amides is 4. The molecule has 3 aliphatic heterocycles. The first-order valence-corrected chi connectivity index (χ1v) is 10.3. The number of alkyl halides is 2. The molecule has 3 aliphatic rings. The van der Waals surface area contributed by atoms with E-state index in [2.05, 4.69) is 21.3 Å². The third-order valence-corrected chi connectivity index (χ3v) is 6.02. The van der Waals surface area contributed by atoms with Crippen molar-refractivity contribution in [1.82, 2.24) is 26.2 Å². The highest BCUT2D eigenvalue weighted by atomic mass is 19.3. The van der Waals surface area contributed by atoms with Crippen LogP contribution in [0.1, 0.15) is 34.3 Å². The smallest absolute Gasteiger partial charge is 0.329 e. The molecule has 12 heteroatoms. The van der Waals surface area contributed by atoms with E-state index in [4.69, 9.17) is 5.73 Å². The molecule has 2 fully saturated rings. The zero-order valence-corrected chi connectivity index (χ0v) is 17.1. The van der Waals surface area contributed by atoms with Crippen LogP contribution in [0.2, 0.25) is 0 Å². The number of hydrogen-bond donors (Lipinski definition) is 5. The van der Waals surface area contributed by atoms with E-state index in [1.165, 1.54) is 4.90 Å². The van der Waals surface area contributed by atoms with Crippen molar-refractivity contribution in [3.8, 4) is 0 Å². The number of fused-ring (bicyclic) bond motifs is 1. The van der Waals surface area contributed by atoms with E-state index in [0.29, 0.717) is 16.7 Å². The van der Waals surface area contributed by atoms with Gasteiger partial charge in [0.25, 0.3) is 11.8 Å². The molecule has 3 heterocycles. The third kappa shape index (κ3) is 4.20. The van der Waals surface area contributed by atoms with Crippen LogP contribution in [0.5, 0.6) is 0 Å². The Labute approximate surface area is 182 Å². The molecule has 0 spiro atoms. The summed E-state index contributed by atoms with van der Waals surface area (Å²) >= 11 is 0. The number of carbonyl (C=O) groups is 4. The zero-order valence-electron chi connectivity index (χ0n) is 17.1. The van der Waals surface area contributed by atoms with Gasteiger partial charge in [-0.1, -0.05) is 12.1 Å². The summed E-state index contributed by atoms with van der Waals surface area (Å²) in [5.41, 5.74) is 7.13. The average molecular weight is 450 g/mol. The van der Waals surface area contributed by atoms with Crippen LogP contribution >= 0.6 is 0 Å². The number of rotatable bonds is 5. The van der Waals surface area contributed by atoms with Gasteiger partial charge in [-0.3, -0.25) is 35.1 Å². The predicted octanol–water partition coefficient (Wildman–Crippen LogP) is -1.25. The summed E-state index contributed by atoms with van der Waals surface area (Å²) in [5.74, 6) is -7.41. The van der Waals surface area contributed by atoms with Crippen LogP contribution in [-0.2, 0) is 27.5 Å². The van der Waals surface area contributed by atoms with Crippen molar-refractivity contribution < 1.29 is 28.0 Å². The Bertz CT molecular complexity index is 963. The van der Waals surface area contributed by atoms with Crippen molar-refractivity contribution in [2.45, 2.75) is 44.2 Å². The predicted molar refractivity (Wildman–Crippen MR) is 107 cm³/mol. The second-order valence-electron chi connectivity index (χ2n) is 8.19. The van der Waals surface area contributed by atoms with Crippen LogP contribution in [0, 0.1) is 5.92 Å². The van der Waals surface area contributed by atoms with Crippen LogP contribution in [-0.4, -0.2) is 59.9 Å². The van der Waals surface area contributed by atoms with Gasteiger partial charge in [0, 0.05) is 38.2 Å². The number of carbonyl (C=O) groups excluding carboxylic acids is 4. The number of nitrogens with two attached hydrogens (primary N) is 1.